The SMILES string of the molecule is O=C(NCC1(c2ccc(F)cc2)CCC1)c1cccc(-c2noc(C(F)(F)F)n2)c1. The van der Waals surface area contributed by atoms with Gasteiger partial charge in [-0.25, -0.2) is 4.39 Å². The van der Waals surface area contributed by atoms with Crippen LogP contribution in [-0.2, 0) is 11.6 Å². The minimum absolute atomic E-state index is 0.235. The number of benzene rings is 2. The fraction of sp³-hybridized carbons (Fsp3) is 0.286. The average Bonchev–Trinajstić information content (AvgIpc) is 3.19. The fourth-order valence-corrected chi connectivity index (χ4v) is 3.58. The van der Waals surface area contributed by atoms with Gasteiger partial charge in [-0.2, -0.15) is 18.2 Å². The van der Waals surface area contributed by atoms with E-state index in [4.69, 9.17) is 0 Å². The van der Waals surface area contributed by atoms with Crippen LogP contribution in [0.15, 0.2) is 53.1 Å². The van der Waals surface area contributed by atoms with Crippen LogP contribution in [0.3, 0.4) is 0 Å². The molecule has 1 aromatic heterocycles. The number of hydrogen-bond donors (Lipinski definition) is 1. The minimum atomic E-state index is -4.74. The van der Waals surface area contributed by atoms with Gasteiger partial charge in [0.1, 0.15) is 5.82 Å². The first-order valence-electron chi connectivity index (χ1n) is 9.32. The number of hydrogen-bond acceptors (Lipinski definition) is 4. The van der Waals surface area contributed by atoms with E-state index >= 15 is 0 Å². The molecule has 9 heteroatoms. The third-order valence-corrected chi connectivity index (χ3v) is 5.41. The van der Waals surface area contributed by atoms with Gasteiger partial charge in [-0.15, -0.1) is 0 Å². The van der Waals surface area contributed by atoms with Crippen LogP contribution in [0.2, 0.25) is 0 Å². The van der Waals surface area contributed by atoms with Gasteiger partial charge in [0.15, 0.2) is 0 Å². The number of amides is 1. The van der Waals surface area contributed by atoms with Crippen molar-refractivity contribution in [2.24, 2.45) is 0 Å². The van der Waals surface area contributed by atoms with Crippen molar-refractivity contribution in [1.82, 2.24) is 15.5 Å². The largest absolute Gasteiger partial charge is 0.471 e. The van der Waals surface area contributed by atoms with Crippen LogP contribution in [0.25, 0.3) is 11.4 Å². The molecule has 5 nitrogen and oxygen atoms in total. The summed E-state index contributed by atoms with van der Waals surface area (Å²) in [5.74, 6) is -2.38. The van der Waals surface area contributed by atoms with Crippen LogP contribution in [0.5, 0.6) is 0 Å². The number of nitrogens with zero attached hydrogens (tertiary/aromatic N) is 2. The van der Waals surface area contributed by atoms with E-state index in [9.17, 15) is 22.4 Å². The zero-order valence-corrected chi connectivity index (χ0v) is 15.7. The van der Waals surface area contributed by atoms with E-state index in [2.05, 4.69) is 20.0 Å². The van der Waals surface area contributed by atoms with Gasteiger partial charge in [-0.3, -0.25) is 4.79 Å². The highest BCUT2D eigenvalue weighted by atomic mass is 19.4. The van der Waals surface area contributed by atoms with Gasteiger partial charge in [-0.05, 0) is 42.7 Å². The summed E-state index contributed by atoms with van der Waals surface area (Å²) in [5.41, 5.74) is 1.23. The quantitative estimate of drug-likeness (QED) is 0.607. The van der Waals surface area contributed by atoms with Gasteiger partial charge in [0, 0.05) is 23.1 Å². The first kappa shape index (κ1) is 20.1. The summed E-state index contributed by atoms with van der Waals surface area (Å²) in [4.78, 5) is 16.0. The Kier molecular flexibility index (Phi) is 5.05. The van der Waals surface area contributed by atoms with Crippen molar-refractivity contribution < 1.29 is 26.9 Å². The number of halogens is 4. The predicted molar refractivity (Wildman–Crippen MR) is 99.0 cm³/mol. The minimum Gasteiger partial charge on any atom is -0.351 e. The van der Waals surface area contributed by atoms with E-state index in [1.807, 2.05) is 0 Å². The van der Waals surface area contributed by atoms with Gasteiger partial charge in [-0.1, -0.05) is 35.8 Å². The second-order valence-corrected chi connectivity index (χ2v) is 7.33. The van der Waals surface area contributed by atoms with Crippen LogP contribution in [0, 0.1) is 5.82 Å². The molecule has 1 saturated carbocycles. The fourth-order valence-electron chi connectivity index (χ4n) is 3.58. The molecule has 0 radical (unpaired) electrons. The Morgan fingerprint density at radius 1 is 1.13 bits per heavy atom. The molecule has 2 aromatic carbocycles. The number of alkyl halides is 3. The Balaban J connectivity index is 1.48. The summed E-state index contributed by atoms with van der Waals surface area (Å²) in [7, 11) is 0. The van der Waals surface area contributed by atoms with Crippen LogP contribution in [-0.4, -0.2) is 22.6 Å². The third kappa shape index (κ3) is 3.92. The molecule has 0 atom stereocenters. The summed E-state index contributed by atoms with van der Waals surface area (Å²) < 4.78 is 55.4. The lowest BCUT2D eigenvalue weighted by Gasteiger charge is -2.42. The van der Waals surface area contributed by atoms with E-state index in [-0.39, 0.29) is 34.1 Å². The Labute approximate surface area is 169 Å². The molecule has 30 heavy (non-hydrogen) atoms. The first-order valence-corrected chi connectivity index (χ1v) is 9.32. The second-order valence-electron chi connectivity index (χ2n) is 7.33. The standard InChI is InChI=1S/C21H17F4N3O2/c22-16-7-5-15(6-8-16)20(9-2-10-20)12-26-18(29)14-4-1-3-13(11-14)17-27-19(30-28-17)21(23,24)25/h1,3-8,11H,2,9-10,12H2,(H,26,29). The Bertz CT molecular complexity index is 1060. The average molecular weight is 419 g/mol. The number of rotatable bonds is 5. The van der Waals surface area contributed by atoms with Crippen molar-refractivity contribution in [2.75, 3.05) is 6.54 Å². The second kappa shape index (κ2) is 7.55. The number of carbonyl (C=O) groups excluding carboxylic acids is 1. The van der Waals surface area contributed by atoms with E-state index in [1.54, 1.807) is 18.2 Å². The Hall–Kier alpha value is -3.23. The maximum absolute atomic E-state index is 13.2. The molecule has 0 unspecified atom stereocenters. The van der Waals surface area contributed by atoms with Crippen molar-refractivity contribution in [3.8, 4) is 11.4 Å². The normalized spacial score (nSPS) is 15.5. The highest BCUT2D eigenvalue weighted by molar-refractivity contribution is 5.95. The monoisotopic (exact) mass is 419 g/mol. The smallest absolute Gasteiger partial charge is 0.351 e. The van der Waals surface area contributed by atoms with E-state index in [1.165, 1.54) is 30.3 Å². The molecule has 0 aliphatic heterocycles. The van der Waals surface area contributed by atoms with Crippen molar-refractivity contribution in [3.63, 3.8) is 0 Å². The van der Waals surface area contributed by atoms with Crippen LogP contribution in [0.4, 0.5) is 17.6 Å². The van der Waals surface area contributed by atoms with Crippen molar-refractivity contribution in [2.45, 2.75) is 30.9 Å². The molecule has 1 amide bonds. The summed E-state index contributed by atoms with van der Waals surface area (Å²) in [6.07, 6.45) is -1.97. The Morgan fingerprint density at radius 2 is 1.87 bits per heavy atom. The molecule has 1 fully saturated rings. The summed E-state index contributed by atoms with van der Waals surface area (Å²) >= 11 is 0. The molecule has 0 saturated heterocycles. The molecular weight excluding hydrogens is 402 g/mol. The zero-order valence-electron chi connectivity index (χ0n) is 15.7. The summed E-state index contributed by atoms with van der Waals surface area (Å²) in [6.45, 7) is 0.377. The highest BCUT2D eigenvalue weighted by Crippen LogP contribution is 2.43. The number of nitrogens with one attached hydrogen (secondary N) is 1. The lowest BCUT2D eigenvalue weighted by Crippen LogP contribution is -2.45. The molecule has 3 aromatic rings. The maximum atomic E-state index is 13.2. The van der Waals surface area contributed by atoms with Crippen molar-refractivity contribution in [3.05, 3.63) is 71.4 Å². The van der Waals surface area contributed by atoms with Gasteiger partial charge >= 0.3 is 12.1 Å². The van der Waals surface area contributed by atoms with Crippen LogP contribution < -0.4 is 5.32 Å². The van der Waals surface area contributed by atoms with Gasteiger partial charge < -0.3 is 9.84 Å². The van der Waals surface area contributed by atoms with Crippen molar-refractivity contribution >= 4 is 5.91 Å². The molecule has 4 rings (SSSR count). The number of carbonyl (C=O) groups is 1. The maximum Gasteiger partial charge on any atom is 0.471 e. The highest BCUT2D eigenvalue weighted by Gasteiger charge is 2.39. The third-order valence-electron chi connectivity index (χ3n) is 5.41. The van der Waals surface area contributed by atoms with E-state index < -0.39 is 12.1 Å². The van der Waals surface area contributed by atoms with E-state index in [0.29, 0.717) is 6.54 Å². The van der Waals surface area contributed by atoms with Crippen molar-refractivity contribution in [1.29, 1.82) is 0 Å². The molecule has 1 aliphatic carbocycles. The molecule has 0 spiro atoms. The van der Waals surface area contributed by atoms with E-state index in [0.717, 1.165) is 24.8 Å². The lowest BCUT2D eigenvalue weighted by atomic mass is 9.64. The predicted octanol–water partition coefficient (Wildman–Crippen LogP) is 4.75. The Morgan fingerprint density at radius 3 is 2.47 bits per heavy atom. The molecule has 156 valence electrons. The summed E-state index contributed by atoms with van der Waals surface area (Å²) in [5, 5.41) is 6.23. The van der Waals surface area contributed by atoms with Gasteiger partial charge in [0.25, 0.3) is 5.91 Å². The molecule has 1 aliphatic rings. The van der Waals surface area contributed by atoms with Crippen LogP contribution in [0.1, 0.15) is 41.1 Å². The molecule has 1 heterocycles. The summed E-state index contributed by atoms with van der Waals surface area (Å²) in [6, 6.07) is 12.3. The topological polar surface area (TPSA) is 68.0 Å². The first-order chi connectivity index (χ1) is 14.3. The molecule has 1 N–H and O–H groups in total. The van der Waals surface area contributed by atoms with Gasteiger partial charge in [0.2, 0.25) is 5.82 Å². The van der Waals surface area contributed by atoms with Gasteiger partial charge in [0.05, 0.1) is 0 Å². The molecular formula is C21H17F4N3O2. The molecule has 0 bridgehead atoms. The lowest BCUT2D eigenvalue weighted by molar-refractivity contribution is -0.159. The van der Waals surface area contributed by atoms with Crippen LogP contribution >= 0.6 is 0 Å². The number of aromatic nitrogens is 2. The zero-order chi connectivity index (χ0) is 21.4.